The Labute approximate surface area is 53.8 Å². The van der Waals surface area contributed by atoms with Crippen LogP contribution < -0.4 is 5.32 Å². The van der Waals surface area contributed by atoms with Crippen LogP contribution in [0.1, 0.15) is 6.92 Å². The molecule has 0 saturated carbocycles. The molecule has 0 amide bonds. The van der Waals surface area contributed by atoms with Crippen LogP contribution in [-0.4, -0.2) is 6.17 Å². The van der Waals surface area contributed by atoms with Crippen molar-refractivity contribution >= 4 is 0 Å². The van der Waals surface area contributed by atoms with Crippen LogP contribution in [0.15, 0.2) is 12.4 Å². The molecule has 0 saturated heterocycles. The topological polar surface area (TPSA) is 26.1 Å². The molecule has 1 aliphatic heterocycles. The van der Waals surface area contributed by atoms with E-state index in [0.29, 0.717) is 6.17 Å². The molecular formula is C4H7CuN2. The van der Waals surface area contributed by atoms with Gasteiger partial charge >= 0.3 is 17.1 Å². The third kappa shape index (κ3) is 1.85. The van der Waals surface area contributed by atoms with Crippen molar-refractivity contribution in [2.24, 2.45) is 0 Å². The van der Waals surface area contributed by atoms with Crippen LogP contribution in [0.5, 0.6) is 0 Å². The fourth-order valence-corrected chi connectivity index (χ4v) is 0.397. The molecule has 3 heteroatoms. The first-order valence-corrected chi connectivity index (χ1v) is 2.00. The van der Waals surface area contributed by atoms with Crippen molar-refractivity contribution in [3.05, 3.63) is 17.7 Å². The van der Waals surface area contributed by atoms with Gasteiger partial charge in [0.2, 0.25) is 0 Å². The van der Waals surface area contributed by atoms with Crippen molar-refractivity contribution in [1.82, 2.24) is 5.32 Å². The molecule has 0 radical (unpaired) electrons. The summed E-state index contributed by atoms with van der Waals surface area (Å²) in [4.78, 5) is 0. The molecule has 0 spiro atoms. The Hall–Kier alpha value is -0.141. The minimum absolute atomic E-state index is 0. The molecule has 0 aromatic heterocycles. The Morgan fingerprint density at radius 3 is 2.57 bits per heavy atom. The molecule has 0 aromatic rings. The molecule has 0 fully saturated rings. The number of nitrogens with zero attached hydrogens (tertiary/aromatic N) is 1. The van der Waals surface area contributed by atoms with Crippen LogP contribution >= 0.6 is 0 Å². The van der Waals surface area contributed by atoms with Gasteiger partial charge in [-0.15, -0.1) is 0 Å². The first-order valence-electron chi connectivity index (χ1n) is 2.00. The van der Waals surface area contributed by atoms with Crippen molar-refractivity contribution in [2.45, 2.75) is 13.1 Å². The molecule has 0 aromatic carbocycles. The predicted octanol–water partition coefficient (Wildman–Crippen LogP) is 0.778. The van der Waals surface area contributed by atoms with Gasteiger partial charge in [-0.25, -0.2) is 0 Å². The Kier molecular flexibility index (Phi) is 2.88. The van der Waals surface area contributed by atoms with E-state index in [1.165, 1.54) is 0 Å². The van der Waals surface area contributed by atoms with Crippen molar-refractivity contribution in [2.75, 3.05) is 0 Å². The first-order chi connectivity index (χ1) is 2.89. The zero-order valence-electron chi connectivity index (χ0n) is 3.98. The second kappa shape index (κ2) is 2.94. The minimum Gasteiger partial charge on any atom is -0.671 e. The van der Waals surface area contributed by atoms with Crippen LogP contribution in [0.25, 0.3) is 5.32 Å². The molecular weight excluding hydrogens is 140 g/mol. The molecule has 1 rings (SSSR count). The summed E-state index contributed by atoms with van der Waals surface area (Å²) >= 11 is 0. The molecule has 1 N–H and O–H groups in total. The van der Waals surface area contributed by atoms with Crippen molar-refractivity contribution in [3.8, 4) is 0 Å². The fraction of sp³-hybridized carbons (Fsp3) is 0.500. The van der Waals surface area contributed by atoms with E-state index in [2.05, 4.69) is 10.6 Å². The monoisotopic (exact) mass is 146 g/mol. The van der Waals surface area contributed by atoms with Gasteiger partial charge in [0.05, 0.1) is 0 Å². The third-order valence-corrected chi connectivity index (χ3v) is 0.722. The molecule has 44 valence electrons. The standard InChI is InChI=1S/C4H7N2.Cu/c1-4-5-2-3-6-4;/h2-5H,1H3;/q-1;+1. The van der Waals surface area contributed by atoms with E-state index < -0.39 is 0 Å². The summed E-state index contributed by atoms with van der Waals surface area (Å²) < 4.78 is 0. The number of hydrogen-bond donors (Lipinski definition) is 1. The Morgan fingerprint density at radius 2 is 2.43 bits per heavy atom. The summed E-state index contributed by atoms with van der Waals surface area (Å²) in [7, 11) is 0. The summed E-state index contributed by atoms with van der Waals surface area (Å²) in [5, 5.41) is 6.92. The second-order valence-corrected chi connectivity index (χ2v) is 1.31. The maximum absolute atomic E-state index is 3.94. The molecule has 0 bridgehead atoms. The van der Waals surface area contributed by atoms with Crippen LogP contribution in [0, 0.1) is 0 Å². The largest absolute Gasteiger partial charge is 1.00 e. The van der Waals surface area contributed by atoms with Crippen molar-refractivity contribution in [1.29, 1.82) is 0 Å². The van der Waals surface area contributed by atoms with Gasteiger partial charge in [-0.05, 0) is 12.4 Å². The summed E-state index contributed by atoms with van der Waals surface area (Å²) in [5.74, 6) is 0. The maximum atomic E-state index is 3.94. The maximum Gasteiger partial charge on any atom is 1.00 e. The van der Waals surface area contributed by atoms with Gasteiger partial charge in [0, 0.05) is 0 Å². The SMILES string of the molecule is CC1[N-]C=CN1.[Cu+]. The van der Waals surface area contributed by atoms with E-state index >= 15 is 0 Å². The quantitative estimate of drug-likeness (QED) is 0.503. The van der Waals surface area contributed by atoms with E-state index in [4.69, 9.17) is 0 Å². The van der Waals surface area contributed by atoms with Crippen LogP contribution in [0.3, 0.4) is 0 Å². The third-order valence-electron chi connectivity index (χ3n) is 0.722. The number of hydrogen-bond acceptors (Lipinski definition) is 1. The molecule has 1 atom stereocenters. The molecule has 2 nitrogen and oxygen atoms in total. The Bertz CT molecular complexity index is 64.1. The van der Waals surface area contributed by atoms with Gasteiger partial charge in [-0.2, -0.15) is 6.20 Å². The Morgan fingerprint density at radius 1 is 1.71 bits per heavy atom. The van der Waals surface area contributed by atoms with E-state index in [0.717, 1.165) is 0 Å². The fourth-order valence-electron chi connectivity index (χ4n) is 0.397. The van der Waals surface area contributed by atoms with E-state index in [1.54, 1.807) is 6.20 Å². The van der Waals surface area contributed by atoms with E-state index in [-0.39, 0.29) is 17.1 Å². The summed E-state index contributed by atoms with van der Waals surface area (Å²) in [6, 6.07) is 0. The predicted molar refractivity (Wildman–Crippen MR) is 25.1 cm³/mol. The molecule has 1 heterocycles. The molecule has 0 aliphatic carbocycles. The summed E-state index contributed by atoms with van der Waals surface area (Å²) in [5.41, 5.74) is 0. The van der Waals surface area contributed by atoms with Gasteiger partial charge in [0.25, 0.3) is 0 Å². The number of nitrogens with one attached hydrogen (secondary N) is 1. The molecule has 1 aliphatic rings. The second-order valence-electron chi connectivity index (χ2n) is 1.31. The number of rotatable bonds is 0. The van der Waals surface area contributed by atoms with Gasteiger partial charge in [0.1, 0.15) is 0 Å². The van der Waals surface area contributed by atoms with Gasteiger partial charge in [-0.3, -0.25) is 0 Å². The summed E-state index contributed by atoms with van der Waals surface area (Å²) in [6.45, 7) is 2.00. The van der Waals surface area contributed by atoms with Crippen LogP contribution in [0.4, 0.5) is 0 Å². The van der Waals surface area contributed by atoms with E-state index in [1.807, 2.05) is 13.1 Å². The zero-order valence-corrected chi connectivity index (χ0v) is 4.92. The average molecular weight is 147 g/mol. The first kappa shape index (κ1) is 6.86. The minimum atomic E-state index is 0. The van der Waals surface area contributed by atoms with Gasteiger partial charge < -0.3 is 10.6 Å². The van der Waals surface area contributed by atoms with E-state index in [9.17, 15) is 0 Å². The van der Waals surface area contributed by atoms with Crippen molar-refractivity contribution in [3.63, 3.8) is 0 Å². The smallest absolute Gasteiger partial charge is 0.671 e. The average Bonchev–Trinajstić information content (AvgIpc) is 1.86. The molecule has 1 unspecified atom stereocenters. The molecule has 7 heavy (non-hydrogen) atoms. The van der Waals surface area contributed by atoms with Crippen molar-refractivity contribution < 1.29 is 17.1 Å². The van der Waals surface area contributed by atoms with Crippen LogP contribution in [0.2, 0.25) is 0 Å². The van der Waals surface area contributed by atoms with Crippen LogP contribution in [-0.2, 0) is 17.1 Å². The Balaban J connectivity index is 0.000000360. The van der Waals surface area contributed by atoms with Gasteiger partial charge in [-0.1, -0.05) is 6.92 Å². The summed E-state index contributed by atoms with van der Waals surface area (Å²) in [6.07, 6.45) is 3.92. The normalized spacial score (nSPS) is 25.0. The van der Waals surface area contributed by atoms with Gasteiger partial charge in [0.15, 0.2) is 0 Å². The zero-order chi connectivity index (χ0) is 4.41.